The number of fused-ring (bicyclic) bond motifs is 1. The Balaban J connectivity index is 2.15. The molecule has 0 saturated heterocycles. The number of halogens is 1. The SMILES string of the molecule is CC(C)N(C)C(=O)COc1ccc2ccccc2c1Br. The Kier molecular flexibility index (Phi) is 4.65. The fourth-order valence-electron chi connectivity index (χ4n) is 1.85. The quantitative estimate of drug-likeness (QED) is 0.849. The van der Waals surface area contributed by atoms with Crippen LogP contribution in [0.3, 0.4) is 0 Å². The standard InChI is InChI=1S/C16H18BrNO2/c1-11(2)18(3)15(19)10-20-14-9-8-12-6-4-5-7-13(12)16(14)17/h4-9,11H,10H2,1-3H3. The summed E-state index contributed by atoms with van der Waals surface area (Å²) >= 11 is 3.55. The average molecular weight is 336 g/mol. The molecular formula is C16H18BrNO2. The first-order valence-corrected chi connectivity index (χ1v) is 7.35. The molecule has 0 spiro atoms. The van der Waals surface area contributed by atoms with Crippen LogP contribution in [-0.4, -0.2) is 30.5 Å². The fraction of sp³-hybridized carbons (Fsp3) is 0.312. The predicted molar refractivity (Wildman–Crippen MR) is 85.0 cm³/mol. The molecule has 0 aliphatic carbocycles. The summed E-state index contributed by atoms with van der Waals surface area (Å²) in [6.45, 7) is 4.00. The number of carbonyl (C=O) groups is 1. The Labute approximate surface area is 127 Å². The van der Waals surface area contributed by atoms with Crippen molar-refractivity contribution in [2.45, 2.75) is 19.9 Å². The zero-order valence-electron chi connectivity index (χ0n) is 11.9. The molecule has 4 heteroatoms. The van der Waals surface area contributed by atoms with Crippen LogP contribution in [0.15, 0.2) is 40.9 Å². The molecule has 106 valence electrons. The number of hydrogen-bond donors (Lipinski definition) is 0. The first-order chi connectivity index (χ1) is 9.50. The van der Waals surface area contributed by atoms with Gasteiger partial charge >= 0.3 is 0 Å². The summed E-state index contributed by atoms with van der Waals surface area (Å²) in [6, 6.07) is 12.1. The molecule has 0 aliphatic rings. The van der Waals surface area contributed by atoms with Gasteiger partial charge in [-0.3, -0.25) is 4.79 Å². The Morgan fingerprint density at radius 2 is 1.95 bits per heavy atom. The summed E-state index contributed by atoms with van der Waals surface area (Å²) in [4.78, 5) is 13.6. The summed E-state index contributed by atoms with van der Waals surface area (Å²) in [5.74, 6) is 0.661. The highest BCUT2D eigenvalue weighted by Crippen LogP contribution is 2.32. The minimum absolute atomic E-state index is 0.0277. The number of nitrogens with zero attached hydrogens (tertiary/aromatic N) is 1. The molecule has 0 fully saturated rings. The van der Waals surface area contributed by atoms with Gasteiger partial charge in [0.15, 0.2) is 6.61 Å². The van der Waals surface area contributed by atoms with E-state index in [4.69, 9.17) is 4.74 Å². The van der Waals surface area contributed by atoms with Crippen molar-refractivity contribution in [2.75, 3.05) is 13.7 Å². The fourth-order valence-corrected chi connectivity index (χ4v) is 2.46. The van der Waals surface area contributed by atoms with Crippen molar-refractivity contribution < 1.29 is 9.53 Å². The van der Waals surface area contributed by atoms with Crippen molar-refractivity contribution >= 4 is 32.6 Å². The molecule has 0 aliphatic heterocycles. The molecule has 0 atom stereocenters. The lowest BCUT2D eigenvalue weighted by molar-refractivity contribution is -0.133. The van der Waals surface area contributed by atoms with E-state index in [2.05, 4.69) is 15.9 Å². The zero-order chi connectivity index (χ0) is 14.7. The normalized spacial score (nSPS) is 10.8. The zero-order valence-corrected chi connectivity index (χ0v) is 13.5. The highest BCUT2D eigenvalue weighted by molar-refractivity contribution is 9.10. The Hall–Kier alpha value is -1.55. The monoisotopic (exact) mass is 335 g/mol. The molecule has 3 nitrogen and oxygen atoms in total. The van der Waals surface area contributed by atoms with E-state index in [1.54, 1.807) is 11.9 Å². The second-order valence-electron chi connectivity index (χ2n) is 4.99. The first-order valence-electron chi connectivity index (χ1n) is 6.56. The molecule has 2 aromatic rings. The summed E-state index contributed by atoms with van der Waals surface area (Å²) in [7, 11) is 1.78. The van der Waals surface area contributed by atoms with Gasteiger partial charge in [-0.2, -0.15) is 0 Å². The van der Waals surface area contributed by atoms with Gasteiger partial charge in [-0.05, 0) is 46.6 Å². The van der Waals surface area contributed by atoms with Crippen LogP contribution in [0.5, 0.6) is 5.75 Å². The van der Waals surface area contributed by atoms with Crippen LogP contribution in [0.25, 0.3) is 10.8 Å². The van der Waals surface area contributed by atoms with E-state index in [0.717, 1.165) is 15.2 Å². The van der Waals surface area contributed by atoms with E-state index < -0.39 is 0 Å². The van der Waals surface area contributed by atoms with Gasteiger partial charge in [-0.15, -0.1) is 0 Å². The van der Waals surface area contributed by atoms with Crippen LogP contribution in [0.1, 0.15) is 13.8 Å². The molecule has 0 saturated carbocycles. The maximum absolute atomic E-state index is 11.9. The summed E-state index contributed by atoms with van der Waals surface area (Å²) in [5, 5.41) is 2.21. The largest absolute Gasteiger partial charge is 0.483 e. The van der Waals surface area contributed by atoms with Crippen LogP contribution >= 0.6 is 15.9 Å². The lowest BCUT2D eigenvalue weighted by Gasteiger charge is -2.21. The predicted octanol–water partition coefficient (Wildman–Crippen LogP) is 3.85. The van der Waals surface area contributed by atoms with E-state index in [1.165, 1.54) is 0 Å². The molecule has 0 aromatic heterocycles. The molecule has 20 heavy (non-hydrogen) atoms. The molecule has 2 aromatic carbocycles. The van der Waals surface area contributed by atoms with E-state index in [1.807, 2.05) is 50.2 Å². The Bertz CT molecular complexity index is 625. The van der Waals surface area contributed by atoms with Crippen LogP contribution in [-0.2, 0) is 4.79 Å². The van der Waals surface area contributed by atoms with Crippen molar-refractivity contribution in [3.05, 3.63) is 40.9 Å². The van der Waals surface area contributed by atoms with Gasteiger partial charge in [-0.1, -0.05) is 30.3 Å². The summed E-state index contributed by atoms with van der Waals surface area (Å²) < 4.78 is 6.52. The number of ether oxygens (including phenoxy) is 1. The van der Waals surface area contributed by atoms with E-state index in [9.17, 15) is 4.79 Å². The molecule has 0 bridgehead atoms. The molecular weight excluding hydrogens is 318 g/mol. The van der Waals surface area contributed by atoms with Crippen molar-refractivity contribution in [1.29, 1.82) is 0 Å². The molecule has 0 N–H and O–H groups in total. The second-order valence-corrected chi connectivity index (χ2v) is 5.78. The summed E-state index contributed by atoms with van der Waals surface area (Å²) in [5.41, 5.74) is 0. The van der Waals surface area contributed by atoms with Gasteiger partial charge in [0.25, 0.3) is 5.91 Å². The highest BCUT2D eigenvalue weighted by Gasteiger charge is 2.13. The summed E-state index contributed by atoms with van der Waals surface area (Å²) in [6.07, 6.45) is 0. The van der Waals surface area contributed by atoms with Crippen LogP contribution in [0.4, 0.5) is 0 Å². The van der Waals surface area contributed by atoms with Crippen LogP contribution in [0.2, 0.25) is 0 Å². The van der Waals surface area contributed by atoms with Crippen molar-refractivity contribution in [1.82, 2.24) is 4.90 Å². The van der Waals surface area contributed by atoms with Gasteiger partial charge in [0.1, 0.15) is 5.75 Å². The van der Waals surface area contributed by atoms with Gasteiger partial charge in [0.2, 0.25) is 0 Å². The van der Waals surface area contributed by atoms with E-state index >= 15 is 0 Å². The Morgan fingerprint density at radius 3 is 2.65 bits per heavy atom. The lowest BCUT2D eigenvalue weighted by atomic mass is 10.1. The lowest BCUT2D eigenvalue weighted by Crippen LogP contribution is -2.36. The third kappa shape index (κ3) is 3.12. The van der Waals surface area contributed by atoms with E-state index in [0.29, 0.717) is 5.75 Å². The smallest absolute Gasteiger partial charge is 0.260 e. The minimum atomic E-state index is -0.0277. The van der Waals surface area contributed by atoms with Gasteiger partial charge in [0, 0.05) is 13.1 Å². The number of carbonyl (C=O) groups excluding carboxylic acids is 1. The van der Waals surface area contributed by atoms with Gasteiger partial charge in [0.05, 0.1) is 4.47 Å². The minimum Gasteiger partial charge on any atom is -0.483 e. The number of benzene rings is 2. The maximum Gasteiger partial charge on any atom is 0.260 e. The molecule has 0 heterocycles. The van der Waals surface area contributed by atoms with Crippen LogP contribution < -0.4 is 4.74 Å². The topological polar surface area (TPSA) is 29.5 Å². The third-order valence-corrected chi connectivity index (χ3v) is 4.16. The Morgan fingerprint density at radius 1 is 1.25 bits per heavy atom. The number of rotatable bonds is 4. The third-order valence-electron chi connectivity index (χ3n) is 3.35. The molecule has 1 amide bonds. The highest BCUT2D eigenvalue weighted by atomic mass is 79.9. The maximum atomic E-state index is 11.9. The number of amides is 1. The van der Waals surface area contributed by atoms with Crippen molar-refractivity contribution in [2.24, 2.45) is 0 Å². The van der Waals surface area contributed by atoms with Crippen molar-refractivity contribution in [3.8, 4) is 5.75 Å². The second kappa shape index (κ2) is 6.27. The van der Waals surface area contributed by atoms with E-state index in [-0.39, 0.29) is 18.6 Å². The number of hydrogen-bond acceptors (Lipinski definition) is 2. The first kappa shape index (κ1) is 14.9. The van der Waals surface area contributed by atoms with Crippen molar-refractivity contribution in [3.63, 3.8) is 0 Å². The molecule has 0 unspecified atom stereocenters. The molecule has 2 rings (SSSR count). The average Bonchev–Trinajstić information content (AvgIpc) is 2.45. The van der Waals surface area contributed by atoms with Crippen LogP contribution in [0, 0.1) is 0 Å². The molecule has 0 radical (unpaired) electrons. The van der Waals surface area contributed by atoms with Gasteiger partial charge in [-0.25, -0.2) is 0 Å². The van der Waals surface area contributed by atoms with Gasteiger partial charge < -0.3 is 9.64 Å². The number of likely N-dealkylation sites (N-methyl/N-ethyl adjacent to an activating group) is 1.